The number of rotatable bonds is 9. The van der Waals surface area contributed by atoms with Gasteiger partial charge in [-0.3, -0.25) is 0 Å². The van der Waals surface area contributed by atoms with Crippen molar-refractivity contribution in [2.75, 3.05) is 28.4 Å². The molecule has 0 N–H and O–H groups in total. The smallest absolute Gasteiger partial charge is 0.122 e. The minimum absolute atomic E-state index is 0.786. The van der Waals surface area contributed by atoms with Crippen LogP contribution in [0.5, 0.6) is 23.0 Å². The van der Waals surface area contributed by atoms with E-state index < -0.39 is 0 Å². The molecule has 0 saturated carbocycles. The normalized spacial score (nSPS) is 11.3. The van der Waals surface area contributed by atoms with Crippen molar-refractivity contribution >= 4 is 0 Å². The lowest BCUT2D eigenvalue weighted by molar-refractivity contribution is 0.396. The van der Waals surface area contributed by atoms with Gasteiger partial charge in [0.2, 0.25) is 0 Å². The van der Waals surface area contributed by atoms with Gasteiger partial charge in [-0.25, -0.2) is 0 Å². The van der Waals surface area contributed by atoms with Gasteiger partial charge in [-0.2, -0.15) is 0 Å². The zero-order valence-electron chi connectivity index (χ0n) is 18.1. The lowest BCUT2D eigenvalue weighted by atomic mass is 9.98. The van der Waals surface area contributed by atoms with E-state index in [1.807, 2.05) is 26.0 Å². The molecule has 0 atom stereocenters. The van der Waals surface area contributed by atoms with Crippen molar-refractivity contribution in [2.45, 2.75) is 40.0 Å². The van der Waals surface area contributed by atoms with Crippen LogP contribution in [0.1, 0.15) is 35.6 Å². The van der Waals surface area contributed by atoms with Crippen LogP contribution in [0, 0.1) is 13.8 Å². The fourth-order valence-corrected chi connectivity index (χ4v) is 3.37. The Bertz CT molecular complexity index is 837. The van der Waals surface area contributed by atoms with Gasteiger partial charge in [0.15, 0.2) is 0 Å². The second kappa shape index (κ2) is 10.1. The van der Waals surface area contributed by atoms with Crippen LogP contribution in [0.15, 0.2) is 35.9 Å². The second-order valence-corrected chi connectivity index (χ2v) is 6.86. The lowest BCUT2D eigenvalue weighted by Gasteiger charge is -2.15. The zero-order valence-corrected chi connectivity index (χ0v) is 18.1. The average molecular weight is 385 g/mol. The van der Waals surface area contributed by atoms with Crippen LogP contribution in [0.3, 0.4) is 0 Å². The molecule has 152 valence electrons. The zero-order chi connectivity index (χ0) is 20.7. The predicted octanol–water partition coefficient (Wildman–Crippen LogP) is 5.46. The highest BCUT2D eigenvalue weighted by atomic mass is 16.5. The Balaban J connectivity index is 2.31. The standard InChI is InChI=1S/C24H32O4/c1-8-18(13-20-15-22(26-5)17(3)12-24(20)28-7)9-10-19-14-21(25-4)16(2)11-23(19)27-6/h9,11-12,14-15H,8,10,13H2,1-7H3/b18-9+. The van der Waals surface area contributed by atoms with Gasteiger partial charge in [-0.15, -0.1) is 0 Å². The van der Waals surface area contributed by atoms with E-state index >= 15 is 0 Å². The van der Waals surface area contributed by atoms with Crippen molar-refractivity contribution in [3.05, 3.63) is 58.2 Å². The fraction of sp³-hybridized carbons (Fsp3) is 0.417. The first-order valence-electron chi connectivity index (χ1n) is 9.58. The van der Waals surface area contributed by atoms with Crippen molar-refractivity contribution < 1.29 is 18.9 Å². The Kier molecular flexibility index (Phi) is 7.80. The van der Waals surface area contributed by atoms with Crippen molar-refractivity contribution in [3.63, 3.8) is 0 Å². The van der Waals surface area contributed by atoms with Gasteiger partial charge in [0.05, 0.1) is 28.4 Å². The molecule has 2 aromatic rings. The molecule has 28 heavy (non-hydrogen) atoms. The highest BCUT2D eigenvalue weighted by Crippen LogP contribution is 2.32. The third-order valence-corrected chi connectivity index (χ3v) is 5.08. The number of aryl methyl sites for hydroxylation is 2. The molecule has 0 aliphatic rings. The number of methoxy groups -OCH3 is 4. The SMILES string of the molecule is CC/C(=C\Cc1cc(OC)c(C)cc1OC)Cc1cc(OC)c(C)cc1OC. The van der Waals surface area contributed by atoms with E-state index in [2.05, 4.69) is 25.1 Å². The second-order valence-electron chi connectivity index (χ2n) is 6.86. The third kappa shape index (κ3) is 5.00. The summed E-state index contributed by atoms with van der Waals surface area (Å²) in [6, 6.07) is 8.21. The molecule has 0 aromatic heterocycles. The maximum atomic E-state index is 5.59. The summed E-state index contributed by atoms with van der Waals surface area (Å²) >= 11 is 0. The van der Waals surface area contributed by atoms with Crippen molar-refractivity contribution in [2.24, 2.45) is 0 Å². The molecular formula is C24H32O4. The number of allylic oxidation sites excluding steroid dienone is 2. The molecule has 2 rings (SSSR count). The summed E-state index contributed by atoms with van der Waals surface area (Å²) in [6.07, 6.45) is 4.85. The van der Waals surface area contributed by atoms with Gasteiger partial charge in [0.1, 0.15) is 23.0 Å². The highest BCUT2D eigenvalue weighted by Gasteiger charge is 2.11. The topological polar surface area (TPSA) is 36.9 Å². The molecule has 0 spiro atoms. The van der Waals surface area contributed by atoms with E-state index in [0.29, 0.717) is 0 Å². The maximum absolute atomic E-state index is 5.59. The Morgan fingerprint density at radius 1 is 0.714 bits per heavy atom. The van der Waals surface area contributed by atoms with Crippen LogP contribution in [-0.4, -0.2) is 28.4 Å². The van der Waals surface area contributed by atoms with Gasteiger partial charge in [-0.05, 0) is 68.5 Å². The van der Waals surface area contributed by atoms with Gasteiger partial charge in [-0.1, -0.05) is 18.6 Å². The quantitative estimate of drug-likeness (QED) is 0.538. The summed E-state index contributed by atoms with van der Waals surface area (Å²) in [6.45, 7) is 6.23. The Hall–Kier alpha value is -2.62. The molecule has 0 saturated heterocycles. The van der Waals surface area contributed by atoms with Gasteiger partial charge in [0.25, 0.3) is 0 Å². The van der Waals surface area contributed by atoms with Crippen LogP contribution in [-0.2, 0) is 12.8 Å². The minimum Gasteiger partial charge on any atom is -0.496 e. The maximum Gasteiger partial charge on any atom is 0.122 e. The molecule has 0 heterocycles. The Morgan fingerprint density at radius 3 is 1.64 bits per heavy atom. The van der Waals surface area contributed by atoms with E-state index in [-0.39, 0.29) is 0 Å². The van der Waals surface area contributed by atoms with E-state index in [9.17, 15) is 0 Å². The Labute approximate surface area is 169 Å². The minimum atomic E-state index is 0.786. The van der Waals surface area contributed by atoms with Gasteiger partial charge >= 0.3 is 0 Å². The van der Waals surface area contributed by atoms with Gasteiger partial charge in [0, 0.05) is 11.1 Å². The summed E-state index contributed by atoms with van der Waals surface area (Å²) in [7, 11) is 6.82. The van der Waals surface area contributed by atoms with E-state index in [4.69, 9.17) is 18.9 Å². The molecule has 0 fully saturated rings. The molecule has 4 nitrogen and oxygen atoms in total. The summed E-state index contributed by atoms with van der Waals surface area (Å²) in [5.41, 5.74) is 5.72. The molecule has 0 radical (unpaired) electrons. The fourth-order valence-electron chi connectivity index (χ4n) is 3.37. The Morgan fingerprint density at radius 2 is 1.18 bits per heavy atom. The average Bonchev–Trinajstić information content (AvgIpc) is 2.71. The monoisotopic (exact) mass is 384 g/mol. The van der Waals surface area contributed by atoms with Crippen LogP contribution in [0.25, 0.3) is 0 Å². The van der Waals surface area contributed by atoms with Crippen LogP contribution in [0.2, 0.25) is 0 Å². The molecular weight excluding hydrogens is 352 g/mol. The van der Waals surface area contributed by atoms with E-state index in [0.717, 1.165) is 64.5 Å². The number of benzene rings is 2. The molecule has 0 aliphatic carbocycles. The molecule has 4 heteroatoms. The first-order valence-corrected chi connectivity index (χ1v) is 9.58. The highest BCUT2D eigenvalue weighted by molar-refractivity contribution is 5.49. The van der Waals surface area contributed by atoms with E-state index in [1.165, 1.54) is 5.57 Å². The van der Waals surface area contributed by atoms with Crippen molar-refractivity contribution in [1.82, 2.24) is 0 Å². The van der Waals surface area contributed by atoms with E-state index in [1.54, 1.807) is 28.4 Å². The van der Waals surface area contributed by atoms with Gasteiger partial charge < -0.3 is 18.9 Å². The van der Waals surface area contributed by atoms with Crippen LogP contribution in [0.4, 0.5) is 0 Å². The summed E-state index contributed by atoms with van der Waals surface area (Å²) in [5.74, 6) is 3.55. The molecule has 0 amide bonds. The number of ether oxygens (including phenoxy) is 4. The summed E-state index contributed by atoms with van der Waals surface area (Å²) in [5, 5.41) is 0. The van der Waals surface area contributed by atoms with Crippen LogP contribution < -0.4 is 18.9 Å². The van der Waals surface area contributed by atoms with Crippen molar-refractivity contribution in [1.29, 1.82) is 0 Å². The van der Waals surface area contributed by atoms with Crippen LogP contribution >= 0.6 is 0 Å². The molecule has 0 bridgehead atoms. The molecule has 0 unspecified atom stereocenters. The molecule has 0 aliphatic heterocycles. The summed E-state index contributed by atoms with van der Waals surface area (Å²) < 4.78 is 22.1. The van der Waals surface area contributed by atoms with Crippen molar-refractivity contribution in [3.8, 4) is 23.0 Å². The molecule has 2 aromatic carbocycles. The largest absolute Gasteiger partial charge is 0.496 e. The summed E-state index contributed by atoms with van der Waals surface area (Å²) in [4.78, 5) is 0. The number of hydrogen-bond acceptors (Lipinski definition) is 4. The lowest BCUT2D eigenvalue weighted by Crippen LogP contribution is -1.99. The first kappa shape index (κ1) is 21.7. The number of hydrogen-bond donors (Lipinski definition) is 0. The predicted molar refractivity (Wildman–Crippen MR) is 114 cm³/mol. The third-order valence-electron chi connectivity index (χ3n) is 5.08. The first-order chi connectivity index (χ1) is 13.5.